The number of carboxylic acid groups (broad SMARTS) is 1. The zero-order valence-corrected chi connectivity index (χ0v) is 13.1. The van der Waals surface area contributed by atoms with Crippen LogP contribution in [0, 0.1) is 19.7 Å². The molecule has 134 valence electrons. The molecular weight excluding hydrogens is 346 g/mol. The van der Waals surface area contributed by atoms with Crippen molar-refractivity contribution in [2.24, 2.45) is 0 Å². The van der Waals surface area contributed by atoms with Gasteiger partial charge in [-0.25, -0.2) is 13.9 Å². The van der Waals surface area contributed by atoms with Gasteiger partial charge in [0.2, 0.25) is 0 Å². The lowest BCUT2D eigenvalue weighted by atomic mass is 10.0. The number of aromatic nitrogens is 2. The Bertz CT molecular complexity index is 813. The van der Waals surface area contributed by atoms with E-state index in [4.69, 9.17) is 0 Å². The highest BCUT2D eigenvalue weighted by atomic mass is 19.4. The topological polar surface area (TPSA) is 84.2 Å². The van der Waals surface area contributed by atoms with E-state index in [0.29, 0.717) is 5.69 Å². The summed E-state index contributed by atoms with van der Waals surface area (Å²) in [6.45, 7) is 2.84. The number of benzene rings is 1. The first kappa shape index (κ1) is 18.4. The molecular formula is C15H13F4N3O3. The van der Waals surface area contributed by atoms with Crippen LogP contribution in [0.5, 0.6) is 0 Å². The molecule has 10 heteroatoms. The first-order chi connectivity index (χ1) is 11.5. The maximum atomic E-state index is 13.0. The Balaban J connectivity index is 2.47. The Morgan fingerprint density at radius 2 is 1.76 bits per heavy atom. The second kappa shape index (κ2) is 6.54. The van der Waals surface area contributed by atoms with Crippen LogP contribution >= 0.6 is 0 Å². The minimum Gasteiger partial charge on any atom is -0.479 e. The molecule has 0 aliphatic carbocycles. The van der Waals surface area contributed by atoms with Crippen LogP contribution in [-0.2, 0) is 9.59 Å². The summed E-state index contributed by atoms with van der Waals surface area (Å²) >= 11 is 0. The van der Waals surface area contributed by atoms with Gasteiger partial charge in [0, 0.05) is 11.3 Å². The van der Waals surface area contributed by atoms with Crippen molar-refractivity contribution in [1.82, 2.24) is 15.1 Å². The molecule has 6 nitrogen and oxygen atoms in total. The number of amides is 1. The number of carboxylic acids is 1. The second-order valence-electron chi connectivity index (χ2n) is 5.22. The Labute approximate surface area is 139 Å². The molecule has 0 aliphatic rings. The largest absolute Gasteiger partial charge is 0.479 e. The van der Waals surface area contributed by atoms with Gasteiger partial charge in [-0.15, -0.1) is 0 Å². The molecule has 2 aromatic rings. The van der Waals surface area contributed by atoms with E-state index in [1.54, 1.807) is 0 Å². The molecule has 0 saturated heterocycles. The zero-order valence-electron chi connectivity index (χ0n) is 13.1. The van der Waals surface area contributed by atoms with Crippen molar-refractivity contribution in [2.45, 2.75) is 26.1 Å². The third kappa shape index (κ3) is 3.78. The van der Waals surface area contributed by atoms with Crippen LogP contribution in [0.15, 0.2) is 24.3 Å². The molecule has 1 heterocycles. The second-order valence-corrected chi connectivity index (χ2v) is 5.22. The number of nitrogens with zero attached hydrogens (tertiary/aromatic N) is 2. The molecule has 0 saturated carbocycles. The lowest BCUT2D eigenvalue weighted by Gasteiger charge is -2.16. The molecule has 25 heavy (non-hydrogen) atoms. The number of hydrogen-bond acceptors (Lipinski definition) is 3. The maximum absolute atomic E-state index is 13.0. The number of carbonyl (C=O) groups is 2. The minimum atomic E-state index is -5.22. The third-order valence-electron chi connectivity index (χ3n) is 3.49. The number of nitrogens with one attached hydrogen (secondary N) is 1. The molecule has 1 aromatic carbocycles. The number of halogens is 4. The fourth-order valence-electron chi connectivity index (χ4n) is 2.38. The summed E-state index contributed by atoms with van der Waals surface area (Å²) in [5.41, 5.74) is 0.643. The minimum absolute atomic E-state index is 0.0746. The van der Waals surface area contributed by atoms with Crippen molar-refractivity contribution in [3.8, 4) is 5.69 Å². The standard InChI is InChI=1S/C15H13F4N3O3/c1-7-11(12(13(23)24)20-14(25)15(17,18)19)8(2)22(21-7)10-5-3-9(16)4-6-10/h3-6,12H,1-2H3,(H,20,25)(H,23,24). The van der Waals surface area contributed by atoms with Crippen LogP contribution in [0.1, 0.15) is 23.0 Å². The average molecular weight is 359 g/mol. The Hall–Kier alpha value is -2.91. The number of aryl methyl sites for hydroxylation is 1. The molecule has 0 bridgehead atoms. The molecule has 1 unspecified atom stereocenters. The van der Waals surface area contributed by atoms with E-state index in [0.717, 1.165) is 12.1 Å². The van der Waals surface area contributed by atoms with Gasteiger partial charge in [-0.1, -0.05) is 0 Å². The van der Waals surface area contributed by atoms with Gasteiger partial charge in [0.25, 0.3) is 0 Å². The highest BCUT2D eigenvalue weighted by Crippen LogP contribution is 2.26. The molecule has 0 spiro atoms. The average Bonchev–Trinajstić information content (AvgIpc) is 2.79. The number of aliphatic carboxylic acids is 1. The summed E-state index contributed by atoms with van der Waals surface area (Å²) in [6, 6.07) is 3.14. The number of hydrogen-bond donors (Lipinski definition) is 2. The molecule has 2 N–H and O–H groups in total. The van der Waals surface area contributed by atoms with Crippen molar-refractivity contribution in [2.75, 3.05) is 0 Å². The van der Waals surface area contributed by atoms with Gasteiger partial charge in [-0.3, -0.25) is 4.79 Å². The van der Waals surface area contributed by atoms with E-state index in [-0.39, 0.29) is 17.0 Å². The predicted molar refractivity (Wildman–Crippen MR) is 77.6 cm³/mol. The van der Waals surface area contributed by atoms with E-state index in [1.165, 1.54) is 36.0 Å². The zero-order chi connectivity index (χ0) is 18.9. The van der Waals surface area contributed by atoms with E-state index < -0.39 is 29.9 Å². The predicted octanol–water partition coefficient (Wildman–Crippen LogP) is 2.43. The van der Waals surface area contributed by atoms with Crippen molar-refractivity contribution >= 4 is 11.9 Å². The molecule has 0 aliphatic heterocycles. The summed E-state index contributed by atoms with van der Waals surface area (Å²) in [5.74, 6) is -4.53. The van der Waals surface area contributed by atoms with E-state index in [1.807, 2.05) is 0 Å². The van der Waals surface area contributed by atoms with Crippen molar-refractivity contribution in [3.63, 3.8) is 0 Å². The molecule has 0 radical (unpaired) electrons. The van der Waals surface area contributed by atoms with Crippen LogP contribution in [0.4, 0.5) is 17.6 Å². The molecule has 1 atom stereocenters. The number of carbonyl (C=O) groups excluding carboxylic acids is 1. The normalized spacial score (nSPS) is 12.7. The van der Waals surface area contributed by atoms with Crippen molar-refractivity contribution < 1.29 is 32.3 Å². The maximum Gasteiger partial charge on any atom is 0.471 e. The van der Waals surface area contributed by atoms with Crippen LogP contribution in [0.25, 0.3) is 5.69 Å². The smallest absolute Gasteiger partial charge is 0.471 e. The van der Waals surface area contributed by atoms with Gasteiger partial charge in [0.15, 0.2) is 6.04 Å². The Morgan fingerprint density at radius 3 is 2.24 bits per heavy atom. The van der Waals surface area contributed by atoms with Gasteiger partial charge in [-0.05, 0) is 38.1 Å². The lowest BCUT2D eigenvalue weighted by molar-refractivity contribution is -0.175. The summed E-state index contributed by atoms with van der Waals surface area (Å²) in [5, 5.41) is 14.8. The van der Waals surface area contributed by atoms with Crippen LogP contribution in [0.2, 0.25) is 0 Å². The van der Waals surface area contributed by atoms with E-state index in [2.05, 4.69) is 5.10 Å². The summed E-state index contributed by atoms with van der Waals surface area (Å²) in [4.78, 5) is 22.5. The first-order valence-electron chi connectivity index (χ1n) is 6.95. The molecule has 2 rings (SSSR count). The van der Waals surface area contributed by atoms with E-state index in [9.17, 15) is 32.3 Å². The Kier molecular flexibility index (Phi) is 4.82. The van der Waals surface area contributed by atoms with Gasteiger partial charge in [0.1, 0.15) is 5.82 Å². The van der Waals surface area contributed by atoms with Crippen molar-refractivity contribution in [3.05, 3.63) is 47.0 Å². The summed E-state index contributed by atoms with van der Waals surface area (Å²) in [7, 11) is 0. The Morgan fingerprint density at radius 1 is 1.20 bits per heavy atom. The fraction of sp³-hybridized carbons (Fsp3) is 0.267. The number of alkyl halides is 3. The first-order valence-corrected chi connectivity index (χ1v) is 6.95. The summed E-state index contributed by atoms with van der Waals surface area (Å²) in [6.07, 6.45) is -5.22. The van der Waals surface area contributed by atoms with Crippen LogP contribution in [0.3, 0.4) is 0 Å². The van der Waals surface area contributed by atoms with Crippen LogP contribution < -0.4 is 5.32 Å². The fourth-order valence-corrected chi connectivity index (χ4v) is 2.38. The third-order valence-corrected chi connectivity index (χ3v) is 3.49. The van der Waals surface area contributed by atoms with Gasteiger partial charge >= 0.3 is 18.1 Å². The van der Waals surface area contributed by atoms with E-state index >= 15 is 0 Å². The molecule has 1 aromatic heterocycles. The lowest BCUT2D eigenvalue weighted by Crippen LogP contribution is -2.42. The summed E-state index contributed by atoms with van der Waals surface area (Å²) < 4.78 is 51.6. The van der Waals surface area contributed by atoms with Gasteiger partial charge in [-0.2, -0.15) is 18.3 Å². The number of rotatable bonds is 4. The highest BCUT2D eigenvalue weighted by Gasteiger charge is 2.42. The quantitative estimate of drug-likeness (QED) is 0.822. The highest BCUT2D eigenvalue weighted by molar-refractivity contribution is 5.88. The monoisotopic (exact) mass is 359 g/mol. The SMILES string of the molecule is Cc1nn(-c2ccc(F)cc2)c(C)c1C(NC(=O)C(F)(F)F)C(=O)O. The van der Waals surface area contributed by atoms with Gasteiger partial charge in [0.05, 0.1) is 11.4 Å². The van der Waals surface area contributed by atoms with Crippen molar-refractivity contribution in [1.29, 1.82) is 0 Å². The molecule has 1 amide bonds. The van der Waals surface area contributed by atoms with Gasteiger partial charge < -0.3 is 10.4 Å². The van der Waals surface area contributed by atoms with Crippen LogP contribution in [-0.4, -0.2) is 32.9 Å². The molecule has 0 fully saturated rings.